The SMILES string of the molecule is Nc1nc2cc(F)c(Br)cc2n1-c1ccc(Br)cc1F. The van der Waals surface area contributed by atoms with Crippen molar-refractivity contribution in [2.45, 2.75) is 0 Å². The van der Waals surface area contributed by atoms with Crippen LogP contribution in [0.2, 0.25) is 0 Å². The first kappa shape index (κ1) is 13.5. The van der Waals surface area contributed by atoms with Gasteiger partial charge in [-0.05, 0) is 40.2 Å². The van der Waals surface area contributed by atoms with Gasteiger partial charge in [-0.15, -0.1) is 0 Å². The summed E-state index contributed by atoms with van der Waals surface area (Å²) in [6.45, 7) is 0. The molecule has 0 saturated heterocycles. The minimum Gasteiger partial charge on any atom is -0.369 e. The maximum Gasteiger partial charge on any atom is 0.206 e. The number of fused-ring (bicyclic) bond motifs is 1. The molecule has 0 radical (unpaired) electrons. The van der Waals surface area contributed by atoms with Gasteiger partial charge in [-0.2, -0.15) is 0 Å². The van der Waals surface area contributed by atoms with Crippen molar-refractivity contribution in [2.75, 3.05) is 5.73 Å². The van der Waals surface area contributed by atoms with E-state index in [1.54, 1.807) is 12.1 Å². The first-order valence-corrected chi connectivity index (χ1v) is 7.14. The van der Waals surface area contributed by atoms with Crippen molar-refractivity contribution in [1.82, 2.24) is 9.55 Å². The van der Waals surface area contributed by atoms with Crippen LogP contribution in [0, 0.1) is 11.6 Å². The third kappa shape index (κ3) is 2.10. The smallest absolute Gasteiger partial charge is 0.206 e. The normalized spacial score (nSPS) is 11.2. The lowest BCUT2D eigenvalue weighted by Gasteiger charge is -2.08. The third-order valence-electron chi connectivity index (χ3n) is 2.87. The van der Waals surface area contributed by atoms with Gasteiger partial charge in [0.05, 0.1) is 21.2 Å². The molecule has 1 heterocycles. The van der Waals surface area contributed by atoms with Crippen LogP contribution in [-0.4, -0.2) is 9.55 Å². The summed E-state index contributed by atoms with van der Waals surface area (Å²) < 4.78 is 29.9. The number of nitrogen functional groups attached to an aromatic ring is 1. The summed E-state index contributed by atoms with van der Waals surface area (Å²) in [4.78, 5) is 4.06. The second-order valence-electron chi connectivity index (χ2n) is 4.16. The Morgan fingerprint density at radius 2 is 1.80 bits per heavy atom. The highest BCUT2D eigenvalue weighted by atomic mass is 79.9. The van der Waals surface area contributed by atoms with E-state index in [1.165, 1.54) is 22.8 Å². The lowest BCUT2D eigenvalue weighted by molar-refractivity contribution is 0.618. The van der Waals surface area contributed by atoms with Crippen molar-refractivity contribution in [1.29, 1.82) is 0 Å². The molecule has 0 unspecified atom stereocenters. The van der Waals surface area contributed by atoms with Crippen LogP contribution < -0.4 is 5.73 Å². The first-order valence-electron chi connectivity index (χ1n) is 5.56. The van der Waals surface area contributed by atoms with Crippen molar-refractivity contribution < 1.29 is 8.78 Å². The average Bonchev–Trinajstić information content (AvgIpc) is 2.66. The largest absolute Gasteiger partial charge is 0.369 e. The van der Waals surface area contributed by atoms with Crippen molar-refractivity contribution >= 4 is 48.8 Å². The Morgan fingerprint density at radius 3 is 2.50 bits per heavy atom. The molecule has 20 heavy (non-hydrogen) atoms. The Bertz CT molecular complexity index is 830. The molecule has 3 aromatic rings. The number of imidazole rings is 1. The van der Waals surface area contributed by atoms with Gasteiger partial charge in [0.15, 0.2) is 0 Å². The second-order valence-corrected chi connectivity index (χ2v) is 5.93. The molecule has 0 amide bonds. The molecule has 1 aromatic heterocycles. The lowest BCUT2D eigenvalue weighted by Crippen LogP contribution is -2.03. The van der Waals surface area contributed by atoms with Crippen LogP contribution in [0.5, 0.6) is 0 Å². The fourth-order valence-electron chi connectivity index (χ4n) is 2.01. The summed E-state index contributed by atoms with van der Waals surface area (Å²) in [5, 5.41) is 0. The van der Waals surface area contributed by atoms with E-state index in [2.05, 4.69) is 36.8 Å². The van der Waals surface area contributed by atoms with E-state index < -0.39 is 11.6 Å². The molecule has 0 aliphatic heterocycles. The van der Waals surface area contributed by atoms with Gasteiger partial charge in [-0.25, -0.2) is 13.8 Å². The Balaban J connectivity index is 2.35. The van der Waals surface area contributed by atoms with Gasteiger partial charge < -0.3 is 5.73 Å². The van der Waals surface area contributed by atoms with Crippen LogP contribution in [0.25, 0.3) is 16.7 Å². The quantitative estimate of drug-likeness (QED) is 0.655. The lowest BCUT2D eigenvalue weighted by atomic mass is 10.2. The summed E-state index contributed by atoms with van der Waals surface area (Å²) in [7, 11) is 0. The van der Waals surface area contributed by atoms with E-state index in [1.807, 2.05) is 0 Å². The Morgan fingerprint density at radius 1 is 1.05 bits per heavy atom. The van der Waals surface area contributed by atoms with Crippen LogP contribution in [0.1, 0.15) is 0 Å². The molecule has 0 spiro atoms. The Labute approximate surface area is 129 Å². The predicted molar refractivity (Wildman–Crippen MR) is 80.8 cm³/mol. The zero-order chi connectivity index (χ0) is 14.4. The molecule has 2 N–H and O–H groups in total. The zero-order valence-corrected chi connectivity index (χ0v) is 13.0. The number of hydrogen-bond acceptors (Lipinski definition) is 2. The van der Waals surface area contributed by atoms with Crippen LogP contribution in [0.15, 0.2) is 39.3 Å². The molecule has 0 fully saturated rings. The van der Waals surface area contributed by atoms with Crippen LogP contribution in [0.4, 0.5) is 14.7 Å². The number of nitrogens with zero attached hydrogens (tertiary/aromatic N) is 2. The van der Waals surface area contributed by atoms with Crippen molar-refractivity contribution in [3.05, 3.63) is 50.9 Å². The van der Waals surface area contributed by atoms with E-state index in [0.717, 1.165) is 0 Å². The number of halogens is 4. The molecule has 3 rings (SSSR count). The van der Waals surface area contributed by atoms with E-state index in [-0.39, 0.29) is 16.1 Å². The van der Waals surface area contributed by atoms with Crippen molar-refractivity contribution in [3.63, 3.8) is 0 Å². The molecule has 0 bridgehead atoms. The predicted octanol–water partition coefficient (Wildman–Crippen LogP) is 4.41. The molecular weight excluding hydrogens is 396 g/mol. The van der Waals surface area contributed by atoms with Gasteiger partial charge in [0, 0.05) is 10.5 Å². The topological polar surface area (TPSA) is 43.8 Å². The maximum atomic E-state index is 14.1. The van der Waals surface area contributed by atoms with Gasteiger partial charge >= 0.3 is 0 Å². The van der Waals surface area contributed by atoms with E-state index >= 15 is 0 Å². The number of aromatic nitrogens is 2. The van der Waals surface area contributed by atoms with Gasteiger partial charge in [0.25, 0.3) is 0 Å². The van der Waals surface area contributed by atoms with E-state index in [0.29, 0.717) is 15.5 Å². The molecule has 102 valence electrons. The zero-order valence-electron chi connectivity index (χ0n) is 9.87. The number of anilines is 1. The highest BCUT2D eigenvalue weighted by Gasteiger charge is 2.15. The maximum absolute atomic E-state index is 14.1. The minimum absolute atomic E-state index is 0.0960. The Kier molecular flexibility index (Phi) is 3.25. The summed E-state index contributed by atoms with van der Waals surface area (Å²) >= 11 is 6.30. The first-order chi connectivity index (χ1) is 9.47. The van der Waals surface area contributed by atoms with Crippen molar-refractivity contribution in [3.8, 4) is 5.69 Å². The van der Waals surface area contributed by atoms with Gasteiger partial charge in [-0.1, -0.05) is 15.9 Å². The van der Waals surface area contributed by atoms with Crippen LogP contribution >= 0.6 is 31.9 Å². The molecule has 2 aromatic carbocycles. The van der Waals surface area contributed by atoms with Crippen LogP contribution in [0.3, 0.4) is 0 Å². The van der Waals surface area contributed by atoms with Gasteiger partial charge in [0.2, 0.25) is 5.95 Å². The molecule has 7 heteroatoms. The van der Waals surface area contributed by atoms with Crippen LogP contribution in [-0.2, 0) is 0 Å². The summed E-state index contributed by atoms with van der Waals surface area (Å²) in [5.41, 5.74) is 6.98. The van der Waals surface area contributed by atoms with Crippen molar-refractivity contribution in [2.24, 2.45) is 0 Å². The standard InChI is InChI=1S/C13H7Br2F2N3/c14-6-1-2-11(9(17)3-6)20-12-4-7(15)8(16)5-10(12)19-13(20)18/h1-5H,(H2,18,19). The third-order valence-corrected chi connectivity index (χ3v) is 3.97. The van der Waals surface area contributed by atoms with Gasteiger partial charge in [-0.3, -0.25) is 4.57 Å². The molecule has 0 aliphatic carbocycles. The molecule has 0 aliphatic rings. The molecular formula is C13H7Br2F2N3. The number of rotatable bonds is 1. The average molecular weight is 403 g/mol. The fraction of sp³-hybridized carbons (Fsp3) is 0. The summed E-state index contributed by atoms with van der Waals surface area (Å²) in [5.74, 6) is -0.803. The summed E-state index contributed by atoms with van der Waals surface area (Å²) in [6, 6.07) is 7.38. The highest BCUT2D eigenvalue weighted by Crippen LogP contribution is 2.29. The fourth-order valence-corrected chi connectivity index (χ4v) is 2.67. The Hall–Kier alpha value is -1.47. The number of hydrogen-bond donors (Lipinski definition) is 1. The molecule has 3 nitrogen and oxygen atoms in total. The number of nitrogens with two attached hydrogens (primary N) is 1. The highest BCUT2D eigenvalue weighted by molar-refractivity contribution is 9.10. The number of benzene rings is 2. The second kappa shape index (κ2) is 4.82. The minimum atomic E-state index is -0.453. The molecule has 0 saturated carbocycles. The van der Waals surface area contributed by atoms with Gasteiger partial charge in [0.1, 0.15) is 11.6 Å². The van der Waals surface area contributed by atoms with E-state index in [4.69, 9.17) is 5.73 Å². The van der Waals surface area contributed by atoms with E-state index in [9.17, 15) is 8.78 Å². The molecule has 0 atom stereocenters. The summed E-state index contributed by atoms with van der Waals surface area (Å²) in [6.07, 6.45) is 0. The monoisotopic (exact) mass is 401 g/mol.